The second-order valence-corrected chi connectivity index (χ2v) is 5.48. The number of nitro groups is 1. The number of phenolic OH excluding ortho intramolecular Hbond substituents is 1. The minimum absolute atomic E-state index is 0.139. The Morgan fingerprint density at radius 2 is 1.92 bits per heavy atom. The maximum atomic E-state index is 12.0. The average molecular weight is 327 g/mol. The number of aromatic hydroxyl groups is 1. The van der Waals surface area contributed by atoms with Gasteiger partial charge in [0.25, 0.3) is 11.6 Å². The number of hydrogen-bond acceptors (Lipinski definition) is 5. The van der Waals surface area contributed by atoms with Crippen LogP contribution >= 0.6 is 0 Å². The third-order valence-corrected chi connectivity index (χ3v) is 3.43. The lowest BCUT2D eigenvalue weighted by Gasteiger charge is -2.06. The summed E-state index contributed by atoms with van der Waals surface area (Å²) >= 11 is 0. The summed E-state index contributed by atoms with van der Waals surface area (Å²) in [4.78, 5) is 22.1. The van der Waals surface area contributed by atoms with Crippen LogP contribution in [0.15, 0.2) is 47.6 Å². The van der Waals surface area contributed by atoms with Crippen molar-refractivity contribution in [1.82, 2.24) is 5.43 Å². The second-order valence-electron chi connectivity index (χ2n) is 5.48. The average Bonchev–Trinajstić information content (AvgIpc) is 2.56. The first kappa shape index (κ1) is 17.1. The Kier molecular flexibility index (Phi) is 5.26. The minimum Gasteiger partial charge on any atom is -0.507 e. The van der Waals surface area contributed by atoms with Gasteiger partial charge in [0.15, 0.2) is 0 Å². The first-order valence-electron chi connectivity index (χ1n) is 7.29. The summed E-state index contributed by atoms with van der Waals surface area (Å²) in [6.45, 7) is 4.12. The van der Waals surface area contributed by atoms with Crippen LogP contribution in [0.5, 0.6) is 5.75 Å². The standard InChI is InChI=1S/C17H17N3O4/c1-11(2)12-3-5-13(6-4-12)17(22)19-18-10-14-9-15(20(23)24)7-8-16(14)21/h3-11,21H,1-2H3,(H,19,22)/b18-10+. The van der Waals surface area contributed by atoms with Gasteiger partial charge in [-0.3, -0.25) is 14.9 Å². The predicted octanol–water partition coefficient (Wildman–Crippen LogP) is 3.19. The zero-order valence-electron chi connectivity index (χ0n) is 13.3. The monoisotopic (exact) mass is 327 g/mol. The van der Waals surface area contributed by atoms with Crippen LogP contribution in [0.1, 0.15) is 41.3 Å². The van der Waals surface area contributed by atoms with Gasteiger partial charge in [-0.1, -0.05) is 26.0 Å². The van der Waals surface area contributed by atoms with Crippen molar-refractivity contribution in [3.05, 3.63) is 69.3 Å². The normalized spacial score (nSPS) is 11.0. The number of hydrazone groups is 1. The number of non-ortho nitro benzene ring substituents is 1. The summed E-state index contributed by atoms with van der Waals surface area (Å²) in [7, 11) is 0. The van der Waals surface area contributed by atoms with Gasteiger partial charge in [0.1, 0.15) is 5.75 Å². The number of rotatable bonds is 5. The van der Waals surface area contributed by atoms with Gasteiger partial charge in [-0.15, -0.1) is 0 Å². The molecule has 2 aromatic carbocycles. The van der Waals surface area contributed by atoms with Gasteiger partial charge in [0.05, 0.1) is 11.1 Å². The van der Waals surface area contributed by atoms with Crippen molar-refractivity contribution < 1.29 is 14.8 Å². The maximum Gasteiger partial charge on any atom is 0.271 e. The zero-order valence-corrected chi connectivity index (χ0v) is 13.3. The van der Waals surface area contributed by atoms with Gasteiger partial charge in [-0.2, -0.15) is 5.10 Å². The summed E-state index contributed by atoms with van der Waals surface area (Å²) in [6, 6.07) is 10.7. The quantitative estimate of drug-likeness (QED) is 0.500. The molecule has 2 N–H and O–H groups in total. The van der Waals surface area contributed by atoms with E-state index in [0.717, 1.165) is 11.8 Å². The van der Waals surface area contributed by atoms with E-state index in [1.165, 1.54) is 18.2 Å². The molecule has 0 saturated carbocycles. The molecule has 2 rings (SSSR count). The van der Waals surface area contributed by atoms with Crippen molar-refractivity contribution in [1.29, 1.82) is 0 Å². The molecule has 0 bridgehead atoms. The van der Waals surface area contributed by atoms with Gasteiger partial charge in [0, 0.05) is 23.3 Å². The van der Waals surface area contributed by atoms with Gasteiger partial charge < -0.3 is 5.11 Å². The fourth-order valence-corrected chi connectivity index (χ4v) is 2.00. The Bertz CT molecular complexity index is 783. The summed E-state index contributed by atoms with van der Waals surface area (Å²) in [5.74, 6) is -0.205. The molecule has 1 amide bonds. The van der Waals surface area contributed by atoms with E-state index in [0.29, 0.717) is 11.5 Å². The lowest BCUT2D eigenvalue weighted by molar-refractivity contribution is -0.384. The van der Waals surface area contributed by atoms with E-state index >= 15 is 0 Å². The highest BCUT2D eigenvalue weighted by Gasteiger charge is 2.09. The third kappa shape index (κ3) is 4.16. The Labute approximate surface area is 138 Å². The topological polar surface area (TPSA) is 105 Å². The fraction of sp³-hybridized carbons (Fsp3) is 0.176. The van der Waals surface area contributed by atoms with Crippen LogP contribution in [-0.4, -0.2) is 22.2 Å². The molecule has 0 saturated heterocycles. The van der Waals surface area contributed by atoms with E-state index < -0.39 is 10.8 Å². The summed E-state index contributed by atoms with van der Waals surface area (Å²) in [6.07, 6.45) is 1.16. The van der Waals surface area contributed by atoms with Crippen LogP contribution in [-0.2, 0) is 0 Å². The molecular formula is C17H17N3O4. The van der Waals surface area contributed by atoms with Crippen LogP contribution in [0.3, 0.4) is 0 Å². The van der Waals surface area contributed by atoms with E-state index in [1.54, 1.807) is 12.1 Å². The Hall–Kier alpha value is -3.22. The van der Waals surface area contributed by atoms with E-state index in [-0.39, 0.29) is 17.0 Å². The second kappa shape index (κ2) is 7.36. The first-order valence-corrected chi connectivity index (χ1v) is 7.29. The summed E-state index contributed by atoms with van der Waals surface area (Å²) < 4.78 is 0. The Morgan fingerprint density at radius 3 is 2.50 bits per heavy atom. The van der Waals surface area contributed by atoms with Crippen molar-refractivity contribution in [2.45, 2.75) is 19.8 Å². The van der Waals surface area contributed by atoms with Crippen molar-refractivity contribution in [3.8, 4) is 5.75 Å². The molecular weight excluding hydrogens is 310 g/mol. The van der Waals surface area contributed by atoms with Gasteiger partial charge >= 0.3 is 0 Å². The highest BCUT2D eigenvalue weighted by Crippen LogP contribution is 2.21. The SMILES string of the molecule is CC(C)c1ccc(C(=O)N/N=C/c2cc([N+](=O)[O-])ccc2O)cc1. The Morgan fingerprint density at radius 1 is 1.25 bits per heavy atom. The molecule has 0 heterocycles. The van der Waals surface area contributed by atoms with E-state index in [2.05, 4.69) is 24.4 Å². The number of nitro benzene ring substituents is 1. The zero-order chi connectivity index (χ0) is 17.7. The molecule has 0 aliphatic rings. The van der Waals surface area contributed by atoms with E-state index in [9.17, 15) is 20.0 Å². The van der Waals surface area contributed by atoms with Crippen LogP contribution in [0.25, 0.3) is 0 Å². The van der Waals surface area contributed by atoms with Crippen LogP contribution in [0.2, 0.25) is 0 Å². The van der Waals surface area contributed by atoms with Crippen LogP contribution in [0, 0.1) is 10.1 Å². The van der Waals surface area contributed by atoms with Crippen molar-refractivity contribution in [2.75, 3.05) is 0 Å². The highest BCUT2D eigenvalue weighted by molar-refractivity contribution is 5.95. The number of nitrogens with one attached hydrogen (secondary N) is 1. The minimum atomic E-state index is -0.578. The summed E-state index contributed by atoms with van der Waals surface area (Å²) in [5.41, 5.74) is 3.85. The summed E-state index contributed by atoms with van der Waals surface area (Å²) in [5, 5.41) is 24.1. The maximum absolute atomic E-state index is 12.0. The van der Waals surface area contributed by atoms with E-state index in [1.807, 2.05) is 12.1 Å². The van der Waals surface area contributed by atoms with Crippen LogP contribution < -0.4 is 5.43 Å². The number of nitrogens with zero attached hydrogens (tertiary/aromatic N) is 2. The number of amides is 1. The van der Waals surface area contributed by atoms with Gasteiger partial charge in [-0.25, -0.2) is 5.43 Å². The van der Waals surface area contributed by atoms with Gasteiger partial charge in [0.2, 0.25) is 0 Å². The lowest BCUT2D eigenvalue weighted by atomic mass is 10.0. The molecule has 2 aromatic rings. The lowest BCUT2D eigenvalue weighted by Crippen LogP contribution is -2.17. The highest BCUT2D eigenvalue weighted by atomic mass is 16.6. The third-order valence-electron chi connectivity index (χ3n) is 3.43. The molecule has 0 radical (unpaired) electrons. The predicted molar refractivity (Wildman–Crippen MR) is 90.4 cm³/mol. The molecule has 0 atom stereocenters. The molecule has 0 aliphatic heterocycles. The molecule has 0 fully saturated rings. The molecule has 7 heteroatoms. The molecule has 7 nitrogen and oxygen atoms in total. The first-order chi connectivity index (χ1) is 11.4. The molecule has 124 valence electrons. The van der Waals surface area contributed by atoms with Crippen molar-refractivity contribution in [3.63, 3.8) is 0 Å². The van der Waals surface area contributed by atoms with Gasteiger partial charge in [-0.05, 0) is 29.7 Å². The molecule has 0 spiro atoms. The largest absolute Gasteiger partial charge is 0.507 e. The van der Waals surface area contributed by atoms with Crippen molar-refractivity contribution >= 4 is 17.8 Å². The van der Waals surface area contributed by atoms with E-state index in [4.69, 9.17) is 0 Å². The molecule has 0 aromatic heterocycles. The number of carbonyl (C=O) groups excluding carboxylic acids is 1. The molecule has 0 unspecified atom stereocenters. The van der Waals surface area contributed by atoms with Crippen LogP contribution in [0.4, 0.5) is 5.69 Å². The number of hydrogen-bond donors (Lipinski definition) is 2. The number of benzene rings is 2. The smallest absolute Gasteiger partial charge is 0.271 e. The Balaban J connectivity index is 2.07. The number of carbonyl (C=O) groups is 1. The molecule has 0 aliphatic carbocycles. The molecule has 24 heavy (non-hydrogen) atoms. The number of phenols is 1. The van der Waals surface area contributed by atoms with Crippen molar-refractivity contribution in [2.24, 2.45) is 5.10 Å². The fourth-order valence-electron chi connectivity index (χ4n) is 2.00.